The Labute approximate surface area is 206 Å². The van der Waals surface area contributed by atoms with Gasteiger partial charge in [-0.15, -0.1) is 0 Å². The highest BCUT2D eigenvalue weighted by Gasteiger charge is 2.96. The molecule has 232 valence electrons. The fourth-order valence-corrected chi connectivity index (χ4v) is 3.66. The van der Waals surface area contributed by atoms with Crippen molar-refractivity contribution in [3.8, 4) is 0 Å². The second-order valence-corrected chi connectivity index (χ2v) is 9.41. The van der Waals surface area contributed by atoms with Crippen LogP contribution in [0.15, 0.2) is 12.7 Å². The predicted octanol–water partition coefficient (Wildman–Crippen LogP) is 6.07. The van der Waals surface area contributed by atoms with Gasteiger partial charge in [0.15, 0.2) is 6.23 Å². The summed E-state index contributed by atoms with van der Waals surface area (Å²) >= 11 is 0. The molecular weight excluding hydrogens is 625 g/mol. The quantitative estimate of drug-likeness (QED) is 0.106. The average Bonchev–Trinajstić information content (AvgIpc) is 2.76. The Bertz CT molecular complexity index is 1020. The highest BCUT2D eigenvalue weighted by molar-refractivity contribution is 7.90. The lowest BCUT2D eigenvalue weighted by molar-refractivity contribution is -0.458. The molecule has 23 heteroatoms. The van der Waals surface area contributed by atoms with E-state index in [2.05, 4.69) is 11.3 Å². The van der Waals surface area contributed by atoms with Crippen LogP contribution in [0.3, 0.4) is 0 Å². The van der Waals surface area contributed by atoms with E-state index in [4.69, 9.17) is 0 Å². The molecule has 0 aliphatic heterocycles. The van der Waals surface area contributed by atoms with E-state index >= 15 is 0 Å². The molecule has 0 aromatic carbocycles. The summed E-state index contributed by atoms with van der Waals surface area (Å²) in [5, 5.41) is -7.74. The Morgan fingerprint density at radius 3 is 1.38 bits per heavy atom. The SMILES string of the molecule is C=CC(=O)OC(CCC)N(C)S(=O)(=O)C(F)(F)C(F)(F)C(F)(F)C(F)(F)C(F)(F)C(F)(F)C(F)(F)C(F)(F)F. The van der Waals surface area contributed by atoms with Crippen molar-refractivity contribution in [2.45, 2.75) is 73.0 Å². The van der Waals surface area contributed by atoms with Crippen molar-refractivity contribution in [2.24, 2.45) is 0 Å². The van der Waals surface area contributed by atoms with Crippen molar-refractivity contribution in [3.05, 3.63) is 12.7 Å². The second kappa shape index (κ2) is 10.4. The number of sulfonamides is 1. The Morgan fingerprint density at radius 2 is 1.08 bits per heavy atom. The zero-order chi connectivity index (χ0) is 32.1. The Morgan fingerprint density at radius 1 is 0.744 bits per heavy atom. The lowest BCUT2D eigenvalue weighted by Gasteiger charge is -2.43. The Kier molecular flexibility index (Phi) is 9.85. The van der Waals surface area contributed by atoms with Crippen LogP contribution in [0.4, 0.5) is 74.6 Å². The van der Waals surface area contributed by atoms with Gasteiger partial charge in [0.25, 0.3) is 10.0 Å². The number of alkyl halides is 17. The number of hydrogen-bond donors (Lipinski definition) is 0. The number of halogens is 17. The van der Waals surface area contributed by atoms with Gasteiger partial charge in [0, 0.05) is 13.1 Å². The minimum absolute atomic E-state index is 0.209. The second-order valence-electron chi connectivity index (χ2n) is 7.37. The highest BCUT2D eigenvalue weighted by atomic mass is 32.2. The van der Waals surface area contributed by atoms with Crippen LogP contribution in [-0.4, -0.2) is 78.9 Å². The molecule has 5 nitrogen and oxygen atoms in total. The summed E-state index contributed by atoms with van der Waals surface area (Å²) in [7, 11) is -7.79. The molecule has 0 aromatic rings. The molecule has 0 heterocycles. The molecule has 0 bridgehead atoms. The van der Waals surface area contributed by atoms with Gasteiger partial charge in [0.1, 0.15) is 0 Å². The summed E-state index contributed by atoms with van der Waals surface area (Å²) in [4.78, 5) is 11.2. The van der Waals surface area contributed by atoms with Gasteiger partial charge in [0.05, 0.1) is 0 Å². The van der Waals surface area contributed by atoms with Crippen LogP contribution in [-0.2, 0) is 19.6 Å². The van der Waals surface area contributed by atoms with Crippen molar-refractivity contribution in [1.82, 2.24) is 4.31 Å². The average molecular weight is 639 g/mol. The first-order valence-electron chi connectivity index (χ1n) is 9.34. The number of rotatable bonds is 13. The molecule has 1 atom stereocenters. The minimum atomic E-state index is -8.93. The number of nitrogens with zero attached hydrogens (tertiary/aromatic N) is 1. The van der Waals surface area contributed by atoms with Gasteiger partial charge in [-0.05, 0) is 6.42 Å². The van der Waals surface area contributed by atoms with Gasteiger partial charge in [-0.1, -0.05) is 19.9 Å². The fraction of sp³-hybridized carbons (Fsp3) is 0.812. The van der Waals surface area contributed by atoms with E-state index in [1.54, 1.807) is 0 Å². The first kappa shape index (κ1) is 36.9. The summed E-state index contributed by atoms with van der Waals surface area (Å²) < 4.78 is 254. The maximum Gasteiger partial charge on any atom is 0.460 e. The molecule has 0 fully saturated rings. The standard InChI is InChI=1S/C16H14F17NO4S/c1-4-6-7(38-8(35)5-2)34(3)39(36,37)16(32,33)14(27,28)12(23,24)10(19,20)9(17,18)11(21,22)13(25,26)15(29,30)31/h5,7H,2,4,6H2,1,3H3. The third kappa shape index (κ3) is 5.23. The van der Waals surface area contributed by atoms with Crippen LogP contribution in [0.5, 0.6) is 0 Å². The number of carbonyl (C=O) groups is 1. The molecule has 0 spiro atoms. The van der Waals surface area contributed by atoms with Crippen molar-refractivity contribution in [1.29, 1.82) is 0 Å². The van der Waals surface area contributed by atoms with E-state index in [0.29, 0.717) is 0 Å². The number of hydrogen-bond acceptors (Lipinski definition) is 4. The van der Waals surface area contributed by atoms with E-state index in [1.165, 1.54) is 0 Å². The predicted molar refractivity (Wildman–Crippen MR) is 92.4 cm³/mol. The lowest BCUT2D eigenvalue weighted by Crippen LogP contribution is -2.75. The van der Waals surface area contributed by atoms with Crippen LogP contribution >= 0.6 is 0 Å². The van der Waals surface area contributed by atoms with Gasteiger partial charge in [-0.25, -0.2) is 13.2 Å². The molecule has 0 aromatic heterocycles. The summed E-state index contributed by atoms with van der Waals surface area (Å²) in [5.41, 5.74) is 0. The molecule has 0 saturated carbocycles. The molecule has 39 heavy (non-hydrogen) atoms. The van der Waals surface area contributed by atoms with Crippen LogP contribution < -0.4 is 0 Å². The fourth-order valence-electron chi connectivity index (χ4n) is 2.39. The van der Waals surface area contributed by atoms with Crippen LogP contribution in [0.2, 0.25) is 0 Å². The smallest absolute Gasteiger partial charge is 0.442 e. The van der Waals surface area contributed by atoms with Crippen LogP contribution in [0.1, 0.15) is 19.8 Å². The number of ether oxygens (including phenoxy) is 1. The maximum absolute atomic E-state index is 14.3. The van der Waals surface area contributed by atoms with Gasteiger partial charge >= 0.3 is 52.9 Å². The first-order valence-corrected chi connectivity index (χ1v) is 10.8. The van der Waals surface area contributed by atoms with E-state index in [-0.39, 0.29) is 19.5 Å². The topological polar surface area (TPSA) is 63.7 Å². The molecule has 0 aliphatic rings. The number of carbonyl (C=O) groups excluding carboxylic acids is 1. The van der Waals surface area contributed by atoms with E-state index in [1.807, 2.05) is 0 Å². The summed E-state index contributed by atoms with van der Waals surface area (Å²) in [6, 6.07) is 0. The largest absolute Gasteiger partial charge is 0.460 e. The molecule has 0 rings (SSSR count). The van der Waals surface area contributed by atoms with Gasteiger partial charge in [-0.2, -0.15) is 78.9 Å². The monoisotopic (exact) mass is 639 g/mol. The molecule has 1 unspecified atom stereocenters. The van der Waals surface area contributed by atoms with E-state index in [0.717, 1.165) is 6.92 Å². The van der Waals surface area contributed by atoms with Crippen molar-refractivity contribution >= 4 is 16.0 Å². The van der Waals surface area contributed by atoms with Crippen LogP contribution in [0, 0.1) is 0 Å². The van der Waals surface area contributed by atoms with Gasteiger partial charge in [-0.3, -0.25) is 0 Å². The van der Waals surface area contributed by atoms with E-state index < -0.39 is 79.9 Å². The normalized spacial score (nSPS) is 16.3. The zero-order valence-corrected chi connectivity index (χ0v) is 19.5. The minimum Gasteiger partial charge on any atom is -0.442 e. The summed E-state index contributed by atoms with van der Waals surface area (Å²) in [6.07, 6.45) is -11.6. The third-order valence-corrected chi connectivity index (χ3v) is 6.65. The number of esters is 1. The molecular formula is C16H14F17NO4S. The molecule has 0 aliphatic carbocycles. The van der Waals surface area contributed by atoms with Crippen molar-refractivity contribution in [3.63, 3.8) is 0 Å². The lowest BCUT2D eigenvalue weighted by atomic mass is 9.91. The third-order valence-electron chi connectivity index (χ3n) is 4.76. The Hall–Kier alpha value is -2.07. The maximum atomic E-state index is 14.3. The zero-order valence-electron chi connectivity index (χ0n) is 18.7. The summed E-state index contributed by atoms with van der Waals surface area (Å²) in [6.45, 7) is 3.86. The van der Waals surface area contributed by atoms with Crippen molar-refractivity contribution in [2.75, 3.05) is 7.05 Å². The molecule has 0 radical (unpaired) electrons. The van der Waals surface area contributed by atoms with Crippen LogP contribution in [0.25, 0.3) is 0 Å². The molecule has 0 saturated heterocycles. The van der Waals surface area contributed by atoms with Gasteiger partial charge in [0.2, 0.25) is 0 Å². The van der Waals surface area contributed by atoms with E-state index in [9.17, 15) is 87.8 Å². The van der Waals surface area contributed by atoms with Gasteiger partial charge < -0.3 is 4.74 Å². The summed E-state index contributed by atoms with van der Waals surface area (Å²) in [5.74, 6) is -53.8. The molecule has 0 amide bonds. The Balaban J connectivity index is 7.04. The molecule has 0 N–H and O–H groups in total. The highest BCUT2D eigenvalue weighted by Crippen LogP contribution is 2.64. The first-order chi connectivity index (χ1) is 16.8. The van der Waals surface area contributed by atoms with Crippen molar-refractivity contribution < 1.29 is 92.6 Å².